The molecule has 1 amide bonds. The number of esters is 1. The standard InChI is InChI=1S/C17H20N6O2.C16H17N5O3.C9H12BN3O2.C9H10BrN3.C4H2BrFN2/c1-2-18-14(24)10-23-15(25)4-3-13(22-23)12-8-19-16(20-9-12)21-17-5-11(6-17)7-17;1-24-14(23)9-21-13(22)3-2-12(20-21)11-7-17-15(18-8-11)19-16-4-10(5-16)6-16;14-10(15)7-4-11-8(12-5-7)13-9-1-6(2-9)3-9;10-7-4-11-8(12-5-7)13-9-1-6(2-9)3-9;5-3-1-7-4(6)8-2-3/h3-4,8-9,11H,2,5-7,10H2,1H3,(H,18,24)(H,19,20,21);2-3,7-8,10H,4-6,9H2,1H3,(H,17,18,19);4-6,14-15H,1-3H2,(H,11,12,13);4-6H,1-3H2,(H,11,12,13);1-2H. The molecule has 0 spiro atoms. The van der Waals surface area contributed by atoms with Crippen LogP contribution in [0.2, 0.25) is 0 Å². The van der Waals surface area contributed by atoms with Crippen LogP contribution >= 0.6 is 31.9 Å². The van der Waals surface area contributed by atoms with Gasteiger partial charge in [-0.25, -0.2) is 59.2 Å². The molecule has 7 N–H and O–H groups in total. The molecule has 12 saturated carbocycles. The van der Waals surface area contributed by atoms with Gasteiger partial charge in [0.15, 0.2) is 0 Å². The minimum absolute atomic E-state index is 0.106. The van der Waals surface area contributed by atoms with E-state index in [-0.39, 0.29) is 46.7 Å². The van der Waals surface area contributed by atoms with Crippen molar-refractivity contribution in [1.29, 1.82) is 0 Å². The number of rotatable bonds is 16. The quantitative estimate of drug-likeness (QED) is 0.0402. The van der Waals surface area contributed by atoms with Gasteiger partial charge in [-0.2, -0.15) is 14.6 Å². The number of methoxy groups -OCH3 is 1. The molecule has 7 aromatic heterocycles. The van der Waals surface area contributed by atoms with Crippen LogP contribution in [0.5, 0.6) is 0 Å². The third-order valence-corrected chi connectivity index (χ3v) is 17.5. The molecule has 0 atom stereocenters. The number of carbonyl (C=O) groups is 2. The third-order valence-electron chi connectivity index (χ3n) is 16.6. The molecule has 85 heavy (non-hydrogen) atoms. The largest absolute Gasteiger partial charge is 0.491 e. The third kappa shape index (κ3) is 14.0. The lowest BCUT2D eigenvalue weighted by atomic mass is 9.50. The molecule has 0 unspecified atom stereocenters. The zero-order valence-corrected chi connectivity index (χ0v) is 49.6. The molecule has 0 radical (unpaired) electrons. The number of hydrogen-bond donors (Lipinski definition) is 7. The predicted octanol–water partition coefficient (Wildman–Crippen LogP) is 4.34. The first kappa shape index (κ1) is 58.9. The van der Waals surface area contributed by atoms with Crippen molar-refractivity contribution in [2.75, 3.05) is 34.9 Å². The molecule has 12 aliphatic carbocycles. The Morgan fingerprint density at radius 1 is 0.553 bits per heavy atom. The highest BCUT2D eigenvalue weighted by Crippen LogP contribution is 2.60. The van der Waals surface area contributed by atoms with Gasteiger partial charge >= 0.3 is 19.2 Å². The Bertz CT molecular complexity index is 3560. The number of nitrogens with zero attached hydrogens (tertiary/aromatic N) is 14. The second-order valence-corrected chi connectivity index (χ2v) is 25.0. The maximum atomic E-state index is 11.9. The van der Waals surface area contributed by atoms with E-state index in [1.807, 2.05) is 6.92 Å². The highest BCUT2D eigenvalue weighted by molar-refractivity contribution is 9.10. The molecule has 7 aromatic rings. The molecule has 19 rings (SSSR count). The molecule has 0 aliphatic heterocycles. The second kappa shape index (κ2) is 24.6. The Balaban J connectivity index is 0.000000116. The molecule has 30 heteroatoms. The van der Waals surface area contributed by atoms with Crippen molar-refractivity contribution in [3.05, 3.63) is 122 Å². The van der Waals surface area contributed by atoms with Crippen molar-refractivity contribution in [1.82, 2.24) is 74.7 Å². The Hall–Kier alpha value is -7.83. The summed E-state index contributed by atoms with van der Waals surface area (Å²) in [4.78, 5) is 87.1. The van der Waals surface area contributed by atoms with Crippen LogP contribution < -0.4 is 43.2 Å². The zero-order valence-electron chi connectivity index (χ0n) is 46.4. The van der Waals surface area contributed by atoms with Crippen LogP contribution in [0.1, 0.15) is 84.0 Å². The van der Waals surface area contributed by atoms with E-state index in [2.05, 4.69) is 123 Å². The van der Waals surface area contributed by atoms with E-state index in [0.29, 0.717) is 62.4 Å². The maximum absolute atomic E-state index is 11.9. The van der Waals surface area contributed by atoms with Crippen molar-refractivity contribution < 1.29 is 28.8 Å². The highest BCUT2D eigenvalue weighted by Gasteiger charge is 2.59. The number of ether oxygens (including phenoxy) is 1. The first-order valence-corrected chi connectivity index (χ1v) is 29.5. The molecule has 7 heterocycles. The molecule has 12 aliphatic rings. The normalized spacial score (nSPS) is 25.3. The lowest BCUT2D eigenvalue weighted by Gasteiger charge is -2.61. The molecular formula is C55H61BBr2FN19O7. The topological polar surface area (TPSA) is 343 Å². The average molecular weight is 1290 g/mol. The van der Waals surface area contributed by atoms with Gasteiger partial charge in [-0.3, -0.25) is 19.2 Å². The van der Waals surface area contributed by atoms with Crippen LogP contribution in [-0.4, -0.2) is 134 Å². The van der Waals surface area contributed by atoms with E-state index in [1.165, 1.54) is 121 Å². The van der Waals surface area contributed by atoms with Gasteiger partial charge in [0.05, 0.1) is 27.4 Å². The Kier molecular flexibility index (Phi) is 17.1. The van der Waals surface area contributed by atoms with Crippen LogP contribution in [0.3, 0.4) is 0 Å². The van der Waals surface area contributed by atoms with Gasteiger partial charge in [0.25, 0.3) is 11.1 Å². The lowest BCUT2D eigenvalue weighted by molar-refractivity contribution is -0.141. The number of halogens is 3. The van der Waals surface area contributed by atoms with Crippen molar-refractivity contribution in [2.45, 2.75) is 119 Å². The van der Waals surface area contributed by atoms with Gasteiger partial charge in [0.2, 0.25) is 29.7 Å². The van der Waals surface area contributed by atoms with Crippen LogP contribution in [-0.2, 0) is 27.4 Å². The van der Waals surface area contributed by atoms with E-state index in [9.17, 15) is 23.6 Å². The molecule has 12 fully saturated rings. The van der Waals surface area contributed by atoms with Gasteiger partial charge in [-0.05, 0) is 152 Å². The summed E-state index contributed by atoms with van der Waals surface area (Å²) in [5, 5.41) is 42.3. The summed E-state index contributed by atoms with van der Waals surface area (Å²) >= 11 is 6.37. The summed E-state index contributed by atoms with van der Waals surface area (Å²) in [6.07, 6.45) is 30.0. The number of likely N-dealkylation sites (N-methyl/N-ethyl adjacent to an activating group) is 1. The minimum atomic E-state index is -1.49. The second-order valence-electron chi connectivity index (χ2n) is 23.2. The predicted molar refractivity (Wildman–Crippen MR) is 316 cm³/mol. The Labute approximate surface area is 503 Å². The summed E-state index contributed by atoms with van der Waals surface area (Å²) in [6, 6.07) is 5.96. The Morgan fingerprint density at radius 3 is 1.19 bits per heavy atom. The summed E-state index contributed by atoms with van der Waals surface area (Å²) in [5.41, 5.74) is 3.16. The maximum Gasteiger partial charge on any atom is 0.491 e. The smallest absolute Gasteiger partial charge is 0.468 e. The van der Waals surface area contributed by atoms with Gasteiger partial charge < -0.3 is 41.4 Å². The van der Waals surface area contributed by atoms with Crippen molar-refractivity contribution in [3.8, 4) is 22.5 Å². The fraction of sp³-hybridized carbons (Fsp3) is 0.455. The van der Waals surface area contributed by atoms with E-state index in [1.54, 1.807) is 49.3 Å². The molecule has 0 aromatic carbocycles. The average Bonchev–Trinajstić information content (AvgIpc) is 0.799. The number of aromatic nitrogens is 14. The number of nitrogens with one attached hydrogen (secondary N) is 5. The van der Waals surface area contributed by atoms with E-state index >= 15 is 0 Å². The number of anilines is 4. The SMILES string of the molecule is Brc1cnc(NC23CC(C2)C3)nc1.CCNC(=O)Cn1nc(-c2cnc(NC34CC(C3)C4)nc2)ccc1=O.COC(=O)Cn1nc(-c2cnc(NC34CC(C3)C4)nc2)ccc1=O.Fc1ncc(Br)cn1.OB(O)c1cnc(NC23CC(C2)C3)nc1. The van der Waals surface area contributed by atoms with Crippen LogP contribution in [0, 0.1) is 29.7 Å². The lowest BCUT2D eigenvalue weighted by Crippen LogP contribution is -2.63. The van der Waals surface area contributed by atoms with Gasteiger partial charge in [-0.1, -0.05) is 0 Å². The molecule has 8 bridgehead atoms. The summed E-state index contributed by atoms with van der Waals surface area (Å²) in [5.74, 6) is 5.48. The summed E-state index contributed by atoms with van der Waals surface area (Å²) in [6.45, 7) is 2.00. The number of carbonyl (C=O) groups excluding carboxylic acids is 2. The molecule has 442 valence electrons. The van der Waals surface area contributed by atoms with E-state index in [4.69, 9.17) is 10.0 Å². The zero-order chi connectivity index (χ0) is 59.5. The van der Waals surface area contributed by atoms with E-state index < -0.39 is 19.2 Å². The monoisotopic (exact) mass is 1290 g/mol. The van der Waals surface area contributed by atoms with Gasteiger partial charge in [0.1, 0.15) is 13.1 Å². The van der Waals surface area contributed by atoms with Crippen molar-refractivity contribution >= 4 is 80.1 Å². The first-order valence-electron chi connectivity index (χ1n) is 27.9. The highest BCUT2D eigenvalue weighted by atomic mass is 79.9. The fourth-order valence-corrected chi connectivity index (χ4v) is 12.2. The van der Waals surface area contributed by atoms with Crippen molar-refractivity contribution in [2.24, 2.45) is 23.7 Å². The van der Waals surface area contributed by atoms with Crippen LogP contribution in [0.4, 0.5) is 28.2 Å². The van der Waals surface area contributed by atoms with Gasteiger partial charge in [0, 0.05) is 119 Å². The number of hydrogen-bond acceptors (Lipinski definition) is 23. The van der Waals surface area contributed by atoms with E-state index in [0.717, 1.165) is 43.5 Å². The molecule has 26 nitrogen and oxygen atoms in total. The van der Waals surface area contributed by atoms with Crippen LogP contribution in [0.15, 0.2) is 105 Å². The minimum Gasteiger partial charge on any atom is -0.468 e. The molecular weight excluding hydrogens is 1230 g/mol. The van der Waals surface area contributed by atoms with Crippen molar-refractivity contribution in [3.63, 3.8) is 0 Å². The van der Waals surface area contributed by atoms with Gasteiger partial charge in [-0.15, -0.1) is 0 Å². The number of amides is 1. The molecule has 0 saturated heterocycles. The summed E-state index contributed by atoms with van der Waals surface area (Å²) < 4.78 is 20.2. The first-order chi connectivity index (χ1) is 40.8. The fourth-order valence-electron chi connectivity index (χ4n) is 11.7. The Morgan fingerprint density at radius 2 is 0.882 bits per heavy atom. The van der Waals surface area contributed by atoms with Crippen LogP contribution in [0.25, 0.3) is 22.5 Å². The summed E-state index contributed by atoms with van der Waals surface area (Å²) in [7, 11) is -0.225.